The van der Waals surface area contributed by atoms with E-state index in [1.165, 1.54) is 0 Å². The van der Waals surface area contributed by atoms with Crippen molar-refractivity contribution < 1.29 is 19.2 Å². The molecule has 0 spiro atoms. The van der Waals surface area contributed by atoms with Crippen LogP contribution in [-0.2, 0) is 21.0 Å². The summed E-state index contributed by atoms with van der Waals surface area (Å²) in [7, 11) is 0. The first-order chi connectivity index (χ1) is 8.65. The number of hydroxylamine groups is 1. The van der Waals surface area contributed by atoms with Crippen molar-refractivity contribution in [3.05, 3.63) is 23.8 Å². The van der Waals surface area contributed by atoms with Gasteiger partial charge < -0.3 is 15.8 Å². The number of carbonyl (C=O) groups is 2. The van der Waals surface area contributed by atoms with E-state index in [1.807, 2.05) is 6.07 Å². The molecule has 0 fully saturated rings. The number of rotatable bonds is 5. The predicted molar refractivity (Wildman–Crippen MR) is 62.6 cm³/mol. The third kappa shape index (κ3) is 3.19. The standard InChI is InChI=1S/C11H13N3O4/c12-10(15)5-18-13-4-7-1-2-9-8(3-7)14-11(16)6-17-9/h1-3,13H,4-6H2,(H2,12,15)(H,14,16). The van der Waals surface area contributed by atoms with Crippen molar-refractivity contribution in [1.29, 1.82) is 0 Å². The van der Waals surface area contributed by atoms with Crippen molar-refractivity contribution in [1.82, 2.24) is 5.48 Å². The summed E-state index contributed by atoms with van der Waals surface area (Å²) in [5, 5.41) is 2.70. The van der Waals surface area contributed by atoms with Crippen LogP contribution in [0.3, 0.4) is 0 Å². The number of benzene rings is 1. The van der Waals surface area contributed by atoms with E-state index in [9.17, 15) is 9.59 Å². The van der Waals surface area contributed by atoms with E-state index in [-0.39, 0.29) is 19.1 Å². The number of fused-ring (bicyclic) bond motifs is 1. The molecule has 1 aliphatic heterocycles. The second kappa shape index (κ2) is 5.48. The molecule has 7 nitrogen and oxygen atoms in total. The van der Waals surface area contributed by atoms with Crippen molar-refractivity contribution in [2.24, 2.45) is 5.73 Å². The minimum Gasteiger partial charge on any atom is -0.482 e. The van der Waals surface area contributed by atoms with E-state index in [4.69, 9.17) is 15.3 Å². The topological polar surface area (TPSA) is 103 Å². The Bertz CT molecular complexity index is 475. The molecule has 1 aliphatic rings. The Kier molecular flexibility index (Phi) is 3.75. The molecule has 0 radical (unpaired) electrons. The largest absolute Gasteiger partial charge is 0.482 e. The number of hydrogen-bond donors (Lipinski definition) is 3. The Balaban J connectivity index is 1.92. The third-order valence-electron chi connectivity index (χ3n) is 2.27. The van der Waals surface area contributed by atoms with Gasteiger partial charge in [-0.1, -0.05) is 6.07 Å². The SMILES string of the molecule is NC(=O)CONCc1ccc2c(c1)NC(=O)CO2. The molecule has 0 bridgehead atoms. The van der Waals surface area contributed by atoms with Gasteiger partial charge in [-0.2, -0.15) is 5.48 Å². The first kappa shape index (κ1) is 12.3. The lowest BCUT2D eigenvalue weighted by atomic mass is 10.1. The lowest BCUT2D eigenvalue weighted by Crippen LogP contribution is -2.26. The Morgan fingerprint density at radius 2 is 2.39 bits per heavy atom. The highest BCUT2D eigenvalue weighted by Crippen LogP contribution is 2.28. The number of carbonyl (C=O) groups excluding carboxylic acids is 2. The van der Waals surface area contributed by atoms with Crippen molar-refractivity contribution in [3.8, 4) is 5.75 Å². The summed E-state index contributed by atoms with van der Waals surface area (Å²) in [6, 6.07) is 5.36. The van der Waals surface area contributed by atoms with Crippen LogP contribution in [0.25, 0.3) is 0 Å². The van der Waals surface area contributed by atoms with Crippen LogP contribution in [0.5, 0.6) is 5.75 Å². The van der Waals surface area contributed by atoms with Crippen LogP contribution in [0.15, 0.2) is 18.2 Å². The van der Waals surface area contributed by atoms with Crippen molar-refractivity contribution in [2.45, 2.75) is 6.54 Å². The maximum atomic E-state index is 11.1. The number of anilines is 1. The molecule has 7 heteroatoms. The smallest absolute Gasteiger partial charge is 0.262 e. The minimum atomic E-state index is -0.548. The van der Waals surface area contributed by atoms with E-state index in [0.717, 1.165) is 5.56 Å². The quantitative estimate of drug-likeness (QED) is 0.484. The Morgan fingerprint density at radius 1 is 1.56 bits per heavy atom. The molecule has 0 aromatic heterocycles. The van der Waals surface area contributed by atoms with Crippen molar-refractivity contribution >= 4 is 17.5 Å². The molecule has 0 atom stereocenters. The number of ether oxygens (including phenoxy) is 1. The molecule has 0 unspecified atom stereocenters. The van der Waals surface area contributed by atoms with Gasteiger partial charge in [0, 0.05) is 6.54 Å². The Hall–Kier alpha value is -2.12. The van der Waals surface area contributed by atoms with E-state index < -0.39 is 5.91 Å². The predicted octanol–water partition coefficient (Wildman–Crippen LogP) is -0.476. The molecule has 2 rings (SSSR count). The summed E-state index contributed by atoms with van der Waals surface area (Å²) in [5.74, 6) is -0.0948. The average molecular weight is 251 g/mol. The second-order valence-corrected chi connectivity index (χ2v) is 3.74. The summed E-state index contributed by atoms with van der Waals surface area (Å²) in [6.45, 7) is 0.230. The van der Waals surface area contributed by atoms with Gasteiger partial charge in [0.05, 0.1) is 5.69 Å². The van der Waals surface area contributed by atoms with E-state index in [2.05, 4.69) is 10.8 Å². The minimum absolute atomic E-state index is 0.0340. The van der Waals surface area contributed by atoms with E-state index in [1.54, 1.807) is 12.1 Å². The summed E-state index contributed by atoms with van der Waals surface area (Å²) in [4.78, 5) is 26.4. The van der Waals surface area contributed by atoms with Gasteiger partial charge in [-0.05, 0) is 17.7 Å². The van der Waals surface area contributed by atoms with Gasteiger partial charge in [0.25, 0.3) is 5.91 Å². The first-order valence-electron chi connectivity index (χ1n) is 5.33. The molecule has 18 heavy (non-hydrogen) atoms. The molecule has 1 aromatic rings. The highest BCUT2D eigenvalue weighted by atomic mass is 16.6. The molecule has 2 amide bonds. The zero-order valence-electron chi connectivity index (χ0n) is 9.56. The number of amides is 2. The zero-order chi connectivity index (χ0) is 13.0. The van der Waals surface area contributed by atoms with Gasteiger partial charge in [-0.15, -0.1) is 0 Å². The van der Waals surface area contributed by atoms with Crippen molar-refractivity contribution in [2.75, 3.05) is 18.5 Å². The maximum absolute atomic E-state index is 11.1. The summed E-state index contributed by atoms with van der Waals surface area (Å²) in [6.07, 6.45) is 0. The molecular formula is C11H13N3O4. The fourth-order valence-corrected chi connectivity index (χ4v) is 1.50. The normalized spacial score (nSPS) is 13.4. The zero-order valence-corrected chi connectivity index (χ0v) is 9.56. The van der Waals surface area contributed by atoms with Crippen LogP contribution in [0.4, 0.5) is 5.69 Å². The van der Waals surface area contributed by atoms with Gasteiger partial charge in [-0.25, -0.2) is 0 Å². The van der Waals surface area contributed by atoms with Crippen LogP contribution < -0.4 is 21.3 Å². The Morgan fingerprint density at radius 3 is 3.17 bits per heavy atom. The molecule has 0 saturated carbocycles. The van der Waals surface area contributed by atoms with Crippen LogP contribution in [0.1, 0.15) is 5.56 Å². The van der Waals surface area contributed by atoms with Gasteiger partial charge in [-0.3, -0.25) is 14.4 Å². The first-order valence-corrected chi connectivity index (χ1v) is 5.33. The lowest BCUT2D eigenvalue weighted by Gasteiger charge is -2.18. The lowest BCUT2D eigenvalue weighted by molar-refractivity contribution is -0.125. The number of hydrogen-bond acceptors (Lipinski definition) is 5. The van der Waals surface area contributed by atoms with Crippen LogP contribution >= 0.6 is 0 Å². The van der Waals surface area contributed by atoms with Gasteiger partial charge in [0.15, 0.2) is 6.61 Å². The van der Waals surface area contributed by atoms with E-state index in [0.29, 0.717) is 18.0 Å². The summed E-state index contributed by atoms with van der Waals surface area (Å²) >= 11 is 0. The highest BCUT2D eigenvalue weighted by molar-refractivity contribution is 5.95. The second-order valence-electron chi connectivity index (χ2n) is 3.74. The number of nitrogens with two attached hydrogens (primary N) is 1. The summed E-state index contributed by atoms with van der Waals surface area (Å²) < 4.78 is 5.22. The molecule has 0 saturated heterocycles. The highest BCUT2D eigenvalue weighted by Gasteiger charge is 2.15. The monoisotopic (exact) mass is 251 g/mol. The van der Waals surface area contributed by atoms with Crippen LogP contribution in [0, 0.1) is 0 Å². The fourth-order valence-electron chi connectivity index (χ4n) is 1.50. The third-order valence-corrected chi connectivity index (χ3v) is 2.27. The van der Waals surface area contributed by atoms with Crippen LogP contribution in [0.2, 0.25) is 0 Å². The molecular weight excluding hydrogens is 238 g/mol. The molecule has 1 aromatic carbocycles. The average Bonchev–Trinajstić information content (AvgIpc) is 2.34. The summed E-state index contributed by atoms with van der Waals surface area (Å²) in [5.41, 5.74) is 9.01. The van der Waals surface area contributed by atoms with Crippen molar-refractivity contribution in [3.63, 3.8) is 0 Å². The molecule has 1 heterocycles. The van der Waals surface area contributed by atoms with Gasteiger partial charge in [0.2, 0.25) is 5.91 Å². The number of primary amides is 1. The van der Waals surface area contributed by atoms with E-state index >= 15 is 0 Å². The van der Waals surface area contributed by atoms with Gasteiger partial charge >= 0.3 is 0 Å². The van der Waals surface area contributed by atoms with Crippen LogP contribution in [-0.4, -0.2) is 25.0 Å². The molecule has 96 valence electrons. The fraction of sp³-hybridized carbons (Fsp3) is 0.273. The number of nitrogens with one attached hydrogen (secondary N) is 2. The molecule has 0 aliphatic carbocycles. The van der Waals surface area contributed by atoms with Gasteiger partial charge in [0.1, 0.15) is 12.4 Å². The maximum Gasteiger partial charge on any atom is 0.262 e. The Labute approximate surface area is 103 Å². The molecule has 4 N–H and O–H groups in total.